The van der Waals surface area contributed by atoms with E-state index in [1.54, 1.807) is 19.1 Å². The first-order valence-electron chi connectivity index (χ1n) is 6.82. The van der Waals surface area contributed by atoms with E-state index in [1.165, 1.54) is 0 Å². The Morgan fingerprint density at radius 3 is 2.43 bits per heavy atom. The first-order chi connectivity index (χ1) is 10.2. The van der Waals surface area contributed by atoms with E-state index in [0.29, 0.717) is 5.56 Å². The van der Waals surface area contributed by atoms with Gasteiger partial charge in [0.2, 0.25) is 0 Å². The summed E-state index contributed by atoms with van der Waals surface area (Å²) >= 11 is 0. The molecule has 0 saturated carbocycles. The van der Waals surface area contributed by atoms with Gasteiger partial charge in [-0.15, -0.1) is 5.06 Å². The zero-order valence-electron chi connectivity index (χ0n) is 11.7. The summed E-state index contributed by atoms with van der Waals surface area (Å²) in [4.78, 5) is 30.1. The van der Waals surface area contributed by atoms with Gasteiger partial charge >= 0.3 is 0 Å². The van der Waals surface area contributed by atoms with Crippen molar-refractivity contribution in [2.24, 2.45) is 0 Å². The van der Waals surface area contributed by atoms with Gasteiger partial charge in [-0.2, -0.15) is 0 Å². The molecule has 0 radical (unpaired) electrons. The molecule has 2 aromatic carbocycles. The highest BCUT2D eigenvalue weighted by Crippen LogP contribution is 2.29. The maximum atomic E-state index is 12.4. The topological polar surface area (TPSA) is 46.6 Å². The zero-order valence-corrected chi connectivity index (χ0v) is 11.7. The average Bonchev–Trinajstić information content (AvgIpc) is 2.54. The molecular formula is C17H15NO3. The third-order valence-electron chi connectivity index (χ3n) is 3.62. The van der Waals surface area contributed by atoms with Crippen LogP contribution in [0.1, 0.15) is 34.3 Å². The van der Waals surface area contributed by atoms with Gasteiger partial charge in [0.05, 0.1) is 5.92 Å². The monoisotopic (exact) mass is 281 g/mol. The van der Waals surface area contributed by atoms with Crippen molar-refractivity contribution in [3.63, 3.8) is 0 Å². The van der Waals surface area contributed by atoms with Gasteiger partial charge in [-0.25, -0.2) is 0 Å². The van der Waals surface area contributed by atoms with Gasteiger partial charge in [-0.3, -0.25) is 14.4 Å². The predicted octanol–water partition coefficient (Wildman–Crippen LogP) is 2.90. The fourth-order valence-corrected chi connectivity index (χ4v) is 2.42. The summed E-state index contributed by atoms with van der Waals surface area (Å²) in [5.74, 6) is -1.10. The molecule has 1 aliphatic heterocycles. The van der Waals surface area contributed by atoms with Crippen LogP contribution in [0, 0.1) is 0 Å². The maximum Gasteiger partial charge on any atom is 0.285 e. The van der Waals surface area contributed by atoms with Gasteiger partial charge in [0, 0.05) is 5.56 Å². The summed E-state index contributed by atoms with van der Waals surface area (Å²) in [7, 11) is 0. The second kappa shape index (κ2) is 5.50. The summed E-state index contributed by atoms with van der Waals surface area (Å²) in [6, 6.07) is 16.6. The van der Waals surface area contributed by atoms with Crippen molar-refractivity contribution >= 4 is 11.8 Å². The molecular weight excluding hydrogens is 266 g/mol. The Balaban J connectivity index is 1.83. The standard InChI is InChI=1S/C17H15NO3/c1-12-14-9-5-6-10-15(14)17(20)18(16(12)19)21-11-13-7-3-2-4-8-13/h2-10,12H,11H2,1H3. The molecule has 4 heteroatoms. The predicted molar refractivity (Wildman–Crippen MR) is 77.3 cm³/mol. The molecule has 3 rings (SSSR count). The molecule has 21 heavy (non-hydrogen) atoms. The van der Waals surface area contributed by atoms with E-state index in [2.05, 4.69) is 0 Å². The van der Waals surface area contributed by atoms with Crippen LogP contribution in [0.15, 0.2) is 54.6 Å². The van der Waals surface area contributed by atoms with E-state index in [4.69, 9.17) is 4.84 Å². The molecule has 0 aliphatic carbocycles. The van der Waals surface area contributed by atoms with Gasteiger partial charge in [0.25, 0.3) is 11.8 Å². The van der Waals surface area contributed by atoms with Crippen LogP contribution in [0.3, 0.4) is 0 Å². The molecule has 1 atom stereocenters. The molecule has 2 amide bonds. The maximum absolute atomic E-state index is 12.4. The number of amides is 2. The Morgan fingerprint density at radius 2 is 1.67 bits per heavy atom. The van der Waals surface area contributed by atoms with Gasteiger partial charge in [-0.05, 0) is 24.1 Å². The number of rotatable bonds is 3. The minimum Gasteiger partial charge on any atom is -0.271 e. The van der Waals surface area contributed by atoms with Gasteiger partial charge < -0.3 is 0 Å². The highest BCUT2D eigenvalue weighted by Gasteiger charge is 2.37. The van der Waals surface area contributed by atoms with Crippen LogP contribution in [0.25, 0.3) is 0 Å². The number of nitrogens with zero attached hydrogens (tertiary/aromatic N) is 1. The quantitative estimate of drug-likeness (QED) is 0.813. The van der Waals surface area contributed by atoms with E-state index in [-0.39, 0.29) is 18.4 Å². The third kappa shape index (κ3) is 2.45. The number of imide groups is 1. The van der Waals surface area contributed by atoms with E-state index >= 15 is 0 Å². The van der Waals surface area contributed by atoms with Crippen LogP contribution in [-0.4, -0.2) is 16.9 Å². The molecule has 1 unspecified atom stereocenters. The number of carbonyl (C=O) groups is 2. The van der Waals surface area contributed by atoms with E-state index < -0.39 is 5.91 Å². The molecule has 0 N–H and O–H groups in total. The lowest BCUT2D eigenvalue weighted by Crippen LogP contribution is -2.43. The fraction of sp³-hybridized carbons (Fsp3) is 0.176. The first-order valence-corrected chi connectivity index (χ1v) is 6.82. The van der Waals surface area contributed by atoms with Gasteiger partial charge in [0.15, 0.2) is 0 Å². The number of hydroxylamine groups is 2. The summed E-state index contributed by atoms with van der Waals surface area (Å²) in [6.07, 6.45) is 0. The first kappa shape index (κ1) is 13.5. The van der Waals surface area contributed by atoms with Crippen molar-refractivity contribution in [2.75, 3.05) is 0 Å². The molecule has 0 spiro atoms. The van der Waals surface area contributed by atoms with Gasteiger partial charge in [0.1, 0.15) is 6.61 Å². The number of carbonyl (C=O) groups excluding carboxylic acids is 2. The molecule has 106 valence electrons. The van der Waals surface area contributed by atoms with E-state index in [0.717, 1.165) is 16.2 Å². The van der Waals surface area contributed by atoms with Crippen LogP contribution in [0.5, 0.6) is 0 Å². The summed E-state index contributed by atoms with van der Waals surface area (Å²) in [5.41, 5.74) is 2.19. The minimum atomic E-state index is -0.398. The van der Waals surface area contributed by atoms with Crippen molar-refractivity contribution in [1.29, 1.82) is 0 Å². The number of benzene rings is 2. The van der Waals surface area contributed by atoms with Crippen LogP contribution in [0.2, 0.25) is 0 Å². The largest absolute Gasteiger partial charge is 0.285 e. The Kier molecular flexibility index (Phi) is 3.54. The lowest BCUT2D eigenvalue weighted by atomic mass is 9.91. The zero-order chi connectivity index (χ0) is 14.8. The Hall–Kier alpha value is -2.46. The highest BCUT2D eigenvalue weighted by atomic mass is 16.7. The van der Waals surface area contributed by atoms with Crippen molar-refractivity contribution in [2.45, 2.75) is 19.4 Å². The smallest absolute Gasteiger partial charge is 0.271 e. The molecule has 1 heterocycles. The van der Waals surface area contributed by atoms with Crippen molar-refractivity contribution in [1.82, 2.24) is 5.06 Å². The fourth-order valence-electron chi connectivity index (χ4n) is 2.42. The molecule has 2 aromatic rings. The van der Waals surface area contributed by atoms with Crippen molar-refractivity contribution in [3.05, 3.63) is 71.3 Å². The van der Waals surface area contributed by atoms with Crippen LogP contribution < -0.4 is 0 Å². The molecule has 0 aromatic heterocycles. The summed E-state index contributed by atoms with van der Waals surface area (Å²) < 4.78 is 0. The minimum absolute atomic E-state index is 0.188. The summed E-state index contributed by atoms with van der Waals surface area (Å²) in [6.45, 7) is 1.97. The lowest BCUT2D eigenvalue weighted by molar-refractivity contribution is -0.176. The summed E-state index contributed by atoms with van der Waals surface area (Å²) in [5, 5.41) is 0.889. The normalized spacial score (nSPS) is 17.8. The highest BCUT2D eigenvalue weighted by molar-refractivity contribution is 6.10. The third-order valence-corrected chi connectivity index (χ3v) is 3.62. The Bertz CT molecular complexity index is 681. The van der Waals surface area contributed by atoms with E-state index in [9.17, 15) is 9.59 Å². The Labute approximate surface area is 122 Å². The second-order valence-electron chi connectivity index (χ2n) is 5.01. The number of fused-ring (bicyclic) bond motifs is 1. The molecule has 0 fully saturated rings. The SMILES string of the molecule is CC1C(=O)N(OCc2ccccc2)C(=O)c2ccccc21. The van der Waals surface area contributed by atoms with Crippen molar-refractivity contribution in [3.8, 4) is 0 Å². The molecule has 1 aliphatic rings. The molecule has 4 nitrogen and oxygen atoms in total. The lowest BCUT2D eigenvalue weighted by Gasteiger charge is -2.29. The van der Waals surface area contributed by atoms with Gasteiger partial charge in [-0.1, -0.05) is 48.5 Å². The van der Waals surface area contributed by atoms with E-state index in [1.807, 2.05) is 42.5 Å². The second-order valence-corrected chi connectivity index (χ2v) is 5.01. The Morgan fingerprint density at radius 1 is 1.00 bits per heavy atom. The van der Waals surface area contributed by atoms with Crippen LogP contribution in [-0.2, 0) is 16.2 Å². The van der Waals surface area contributed by atoms with Crippen LogP contribution >= 0.6 is 0 Å². The molecule has 0 saturated heterocycles. The molecule has 0 bridgehead atoms. The number of hydrogen-bond donors (Lipinski definition) is 0. The van der Waals surface area contributed by atoms with Crippen molar-refractivity contribution < 1.29 is 14.4 Å². The average molecular weight is 281 g/mol. The number of hydrogen-bond acceptors (Lipinski definition) is 3. The van der Waals surface area contributed by atoms with Crippen LogP contribution in [0.4, 0.5) is 0 Å².